The van der Waals surface area contributed by atoms with Crippen molar-refractivity contribution in [1.29, 1.82) is 0 Å². The van der Waals surface area contributed by atoms with Crippen molar-refractivity contribution in [3.05, 3.63) is 49.0 Å². The Balaban J connectivity index is 2.35. The zero-order valence-corrected chi connectivity index (χ0v) is 14.8. The normalized spacial score (nSPS) is 11.2. The summed E-state index contributed by atoms with van der Waals surface area (Å²) in [5, 5.41) is 1.24. The van der Waals surface area contributed by atoms with Gasteiger partial charge in [-0.05, 0) is 18.6 Å². The second-order valence-corrected chi connectivity index (χ2v) is 10.4. The first kappa shape index (κ1) is 18.7. The number of unbranched alkanes of at least 4 members (excludes halogenated alkanes) is 4. The van der Waals surface area contributed by atoms with Crippen molar-refractivity contribution < 1.29 is 14.6 Å². The molecule has 121 valence electrons. The molecule has 1 rings (SSSR count). The number of rotatable bonds is 10. The van der Waals surface area contributed by atoms with Crippen LogP contribution in [0.1, 0.15) is 42.5 Å². The van der Waals surface area contributed by atoms with E-state index in [0.29, 0.717) is 12.2 Å². The van der Waals surface area contributed by atoms with Gasteiger partial charge in [-0.2, -0.15) is 4.89 Å². The molecular weight excluding hydrogens is 292 g/mol. The predicted molar refractivity (Wildman–Crippen MR) is 93.6 cm³/mol. The summed E-state index contributed by atoms with van der Waals surface area (Å²) in [6.07, 6.45) is 5.22. The summed E-state index contributed by atoms with van der Waals surface area (Å²) in [5.74, 6) is -0.442. The van der Waals surface area contributed by atoms with Crippen LogP contribution in [0.2, 0.25) is 13.1 Å². The van der Waals surface area contributed by atoms with Crippen molar-refractivity contribution in [1.82, 2.24) is 0 Å². The smallest absolute Gasteiger partial charge is 0.293 e. The van der Waals surface area contributed by atoms with E-state index in [4.69, 9.17) is 9.78 Å². The van der Waals surface area contributed by atoms with Crippen LogP contribution >= 0.6 is 0 Å². The first-order chi connectivity index (χ1) is 10.5. The lowest BCUT2D eigenvalue weighted by atomic mass is 10.2. The van der Waals surface area contributed by atoms with Crippen LogP contribution in [0.25, 0.3) is 0 Å². The van der Waals surface area contributed by atoms with Crippen molar-refractivity contribution in [2.45, 2.75) is 45.2 Å². The van der Waals surface area contributed by atoms with Gasteiger partial charge in [0, 0.05) is 0 Å². The highest BCUT2D eigenvalue weighted by Gasteiger charge is 2.19. The van der Waals surface area contributed by atoms with Crippen molar-refractivity contribution in [2.75, 3.05) is 6.61 Å². The van der Waals surface area contributed by atoms with Crippen LogP contribution in [0.15, 0.2) is 36.5 Å². The first-order valence-electron chi connectivity index (χ1n) is 7.88. The van der Waals surface area contributed by atoms with Gasteiger partial charge >= 0.3 is 5.97 Å². The maximum absolute atomic E-state index is 11.8. The van der Waals surface area contributed by atoms with E-state index in [1.54, 1.807) is 12.1 Å². The fraction of sp³-hybridized carbons (Fsp3) is 0.444. The topological polar surface area (TPSA) is 35.5 Å². The number of benzene rings is 1. The van der Waals surface area contributed by atoms with Crippen LogP contribution in [0.4, 0.5) is 0 Å². The molecule has 0 aliphatic carbocycles. The quantitative estimate of drug-likeness (QED) is 0.281. The first-order valence-corrected chi connectivity index (χ1v) is 11.0. The molecule has 0 heterocycles. The lowest BCUT2D eigenvalue weighted by Crippen LogP contribution is -2.39. The van der Waals surface area contributed by atoms with E-state index >= 15 is 0 Å². The Kier molecular flexibility index (Phi) is 8.13. The summed E-state index contributed by atoms with van der Waals surface area (Å²) in [6, 6.07) is 7.52. The molecule has 0 saturated carbocycles. The highest BCUT2D eigenvalue weighted by molar-refractivity contribution is 6.93. The monoisotopic (exact) mass is 319 g/mol. The Labute approximate surface area is 135 Å². The average Bonchev–Trinajstić information content (AvgIpc) is 2.54. The third kappa shape index (κ3) is 6.16. The molecule has 0 atom stereocenters. The molecule has 0 saturated heterocycles. The molecule has 22 heavy (non-hydrogen) atoms. The Morgan fingerprint density at radius 1 is 1.14 bits per heavy atom. The number of carbonyl (C=O) groups excluding carboxylic acids is 1. The molecule has 1 aromatic rings. The standard InChI is InChI=1S/C18H27O3Si/c1-5-7-8-9-10-15-20-21-18(19)16-11-13-17(14-12-16)22(3,4)6-2/h6,11-14H,1-2,5,7-10,15H2,3-4H3. The van der Waals surface area contributed by atoms with Crippen LogP contribution in [0.5, 0.6) is 0 Å². The lowest BCUT2D eigenvalue weighted by molar-refractivity contribution is -0.241. The molecule has 4 heteroatoms. The van der Waals surface area contributed by atoms with Gasteiger partial charge in [0.1, 0.15) is 8.07 Å². The zero-order chi connectivity index (χ0) is 16.4. The summed E-state index contributed by atoms with van der Waals surface area (Å²) in [6.45, 7) is 12.6. The Morgan fingerprint density at radius 2 is 1.77 bits per heavy atom. The Morgan fingerprint density at radius 3 is 2.36 bits per heavy atom. The predicted octanol–water partition coefficient (Wildman–Crippen LogP) is 4.20. The molecule has 0 fully saturated rings. The van der Waals surface area contributed by atoms with Gasteiger partial charge in [0.15, 0.2) is 0 Å². The van der Waals surface area contributed by atoms with Gasteiger partial charge in [-0.1, -0.05) is 68.7 Å². The Bertz CT molecular complexity index is 466. The summed E-state index contributed by atoms with van der Waals surface area (Å²) in [5.41, 5.74) is 2.53. The van der Waals surface area contributed by atoms with Crippen LogP contribution in [-0.2, 0) is 9.78 Å². The van der Waals surface area contributed by atoms with E-state index in [0.717, 1.165) is 32.1 Å². The van der Waals surface area contributed by atoms with Crippen molar-refractivity contribution >= 4 is 19.2 Å². The highest BCUT2D eigenvalue weighted by Crippen LogP contribution is 2.08. The molecule has 0 aliphatic heterocycles. The van der Waals surface area contributed by atoms with E-state index in [-0.39, 0.29) is 0 Å². The fourth-order valence-corrected chi connectivity index (χ4v) is 3.25. The molecule has 0 aromatic heterocycles. The van der Waals surface area contributed by atoms with Gasteiger partial charge in [0.2, 0.25) is 0 Å². The highest BCUT2D eigenvalue weighted by atomic mass is 28.3. The van der Waals surface area contributed by atoms with E-state index < -0.39 is 14.0 Å². The Hall–Kier alpha value is -1.39. The van der Waals surface area contributed by atoms with Crippen molar-refractivity contribution in [3.8, 4) is 0 Å². The molecule has 0 aliphatic rings. The van der Waals surface area contributed by atoms with Crippen LogP contribution in [-0.4, -0.2) is 20.7 Å². The number of hydrogen-bond acceptors (Lipinski definition) is 3. The maximum atomic E-state index is 11.8. The third-order valence-electron chi connectivity index (χ3n) is 3.74. The van der Waals surface area contributed by atoms with Crippen LogP contribution in [0.3, 0.4) is 0 Å². The molecule has 0 bridgehead atoms. The van der Waals surface area contributed by atoms with E-state index in [9.17, 15) is 4.79 Å². The minimum Gasteiger partial charge on any atom is -0.293 e. The minimum absolute atomic E-state index is 0.442. The maximum Gasteiger partial charge on any atom is 0.373 e. The lowest BCUT2D eigenvalue weighted by Gasteiger charge is -2.17. The van der Waals surface area contributed by atoms with Gasteiger partial charge < -0.3 is 0 Å². The molecule has 0 spiro atoms. The van der Waals surface area contributed by atoms with Gasteiger partial charge in [-0.15, -0.1) is 6.58 Å². The number of carbonyl (C=O) groups is 1. The minimum atomic E-state index is -1.58. The molecule has 1 aromatic carbocycles. The third-order valence-corrected chi connectivity index (χ3v) is 6.58. The van der Waals surface area contributed by atoms with E-state index in [2.05, 4.69) is 26.6 Å². The largest absolute Gasteiger partial charge is 0.373 e. The summed E-state index contributed by atoms with van der Waals surface area (Å²) >= 11 is 0. The van der Waals surface area contributed by atoms with Crippen molar-refractivity contribution in [2.24, 2.45) is 0 Å². The SMILES string of the molecule is [CH2]CCCCCCOOC(=O)c1ccc([Si](C)(C)C=C)cc1. The molecule has 0 unspecified atom stereocenters. The average molecular weight is 319 g/mol. The summed E-state index contributed by atoms with van der Waals surface area (Å²) in [7, 11) is -1.58. The molecule has 3 nitrogen and oxygen atoms in total. The second kappa shape index (κ2) is 9.59. The zero-order valence-electron chi connectivity index (χ0n) is 13.8. The van der Waals surface area contributed by atoms with Gasteiger partial charge in [-0.3, -0.25) is 4.89 Å². The van der Waals surface area contributed by atoms with Crippen LogP contribution in [0, 0.1) is 6.92 Å². The summed E-state index contributed by atoms with van der Waals surface area (Å²) < 4.78 is 0. The molecule has 1 radical (unpaired) electrons. The molecule has 0 N–H and O–H groups in total. The number of hydrogen-bond donors (Lipinski definition) is 0. The van der Waals surface area contributed by atoms with Gasteiger partial charge in [-0.25, -0.2) is 4.79 Å². The fourth-order valence-electron chi connectivity index (χ4n) is 1.99. The van der Waals surface area contributed by atoms with Crippen molar-refractivity contribution in [3.63, 3.8) is 0 Å². The molecule has 0 amide bonds. The van der Waals surface area contributed by atoms with E-state index in [1.165, 1.54) is 5.19 Å². The molecular formula is C18H27O3Si. The summed E-state index contributed by atoms with van der Waals surface area (Å²) in [4.78, 5) is 21.6. The van der Waals surface area contributed by atoms with E-state index in [1.807, 2.05) is 17.8 Å². The van der Waals surface area contributed by atoms with Gasteiger partial charge in [0.05, 0.1) is 12.2 Å². The van der Waals surface area contributed by atoms with Gasteiger partial charge in [0.25, 0.3) is 0 Å². The van der Waals surface area contributed by atoms with Crippen LogP contribution < -0.4 is 5.19 Å². The second-order valence-electron chi connectivity index (χ2n) is 5.96.